The van der Waals surface area contributed by atoms with E-state index in [9.17, 15) is 4.39 Å². The van der Waals surface area contributed by atoms with Crippen LogP contribution >= 0.6 is 0 Å². The molecule has 0 aliphatic carbocycles. The molecule has 0 amide bonds. The maximum Gasteiger partial charge on any atom is 0.230 e. The lowest BCUT2D eigenvalue weighted by atomic mass is 9.61. The van der Waals surface area contributed by atoms with Crippen molar-refractivity contribution >= 4 is 5.69 Å². The van der Waals surface area contributed by atoms with Crippen LogP contribution in [0.15, 0.2) is 79.4 Å². The number of hydrogen-bond donors (Lipinski definition) is 0. The van der Waals surface area contributed by atoms with Crippen LogP contribution in [-0.4, -0.2) is 27.4 Å². The molecule has 0 N–H and O–H groups in total. The van der Waals surface area contributed by atoms with Crippen LogP contribution in [-0.2, 0) is 13.1 Å². The quantitative estimate of drug-likeness (QED) is 0.401. The van der Waals surface area contributed by atoms with Crippen molar-refractivity contribution in [2.45, 2.75) is 38.0 Å². The predicted octanol–water partition coefficient (Wildman–Crippen LogP) is 4.04. The summed E-state index contributed by atoms with van der Waals surface area (Å²) in [6, 6.07) is 13.7. The number of rotatable bonds is 0. The number of pyridine rings is 1. The van der Waals surface area contributed by atoms with E-state index in [1.165, 1.54) is 5.57 Å². The van der Waals surface area contributed by atoms with Gasteiger partial charge in [0.1, 0.15) is 24.2 Å². The van der Waals surface area contributed by atoms with E-state index < -0.39 is 0 Å². The molecule has 1 saturated heterocycles. The van der Waals surface area contributed by atoms with Crippen molar-refractivity contribution in [3.8, 4) is 11.4 Å². The summed E-state index contributed by atoms with van der Waals surface area (Å²) in [4.78, 5) is 4.79. The van der Waals surface area contributed by atoms with Gasteiger partial charge in [0.05, 0.1) is 6.54 Å². The fourth-order valence-electron chi connectivity index (χ4n) is 6.74. The van der Waals surface area contributed by atoms with Crippen LogP contribution < -0.4 is 9.47 Å². The first-order chi connectivity index (χ1) is 15.7. The standard InChI is InChI=1S/C26H25FN5/c1-18-17-32-24(7-10-28-32)23-4-2-3-11-29(23)12-8-21-20-16-19(27)5-6-22(20)31-15-14-30-13-9-26(18,21)25(30)31/h2-7,10-11,14-16,21,25H,1,8-9,12-13,17H2/q+1. The third-order valence-corrected chi connectivity index (χ3v) is 8.08. The highest BCUT2D eigenvalue weighted by Gasteiger charge is 2.60. The van der Waals surface area contributed by atoms with Gasteiger partial charge >= 0.3 is 0 Å². The average Bonchev–Trinajstić information content (AvgIpc) is 3.52. The number of halogens is 1. The Balaban J connectivity index is 1.47. The molecule has 160 valence electrons. The summed E-state index contributed by atoms with van der Waals surface area (Å²) in [6.07, 6.45) is 10.5. The fraction of sp³-hybridized carbons (Fsp3) is 0.308. The normalized spacial score (nSPS) is 27.5. The Morgan fingerprint density at radius 3 is 3.03 bits per heavy atom. The summed E-state index contributed by atoms with van der Waals surface area (Å²) in [5.41, 5.74) is 5.52. The van der Waals surface area contributed by atoms with Crippen molar-refractivity contribution < 1.29 is 8.96 Å². The van der Waals surface area contributed by atoms with Crippen LogP contribution in [0, 0.1) is 11.2 Å². The molecule has 5 nitrogen and oxygen atoms in total. The Labute approximate surface area is 186 Å². The van der Waals surface area contributed by atoms with Gasteiger partial charge in [0.25, 0.3) is 0 Å². The van der Waals surface area contributed by atoms with Gasteiger partial charge in [-0.15, -0.1) is 0 Å². The number of hydrogen-bond acceptors (Lipinski definition) is 3. The van der Waals surface area contributed by atoms with Crippen LogP contribution in [0.5, 0.6) is 0 Å². The molecular weight excluding hydrogens is 401 g/mol. The molecule has 6 heteroatoms. The molecule has 3 aromatic rings. The highest BCUT2D eigenvalue weighted by atomic mass is 19.1. The van der Waals surface area contributed by atoms with Gasteiger partial charge < -0.3 is 9.80 Å². The molecule has 0 saturated carbocycles. The van der Waals surface area contributed by atoms with Gasteiger partial charge in [-0.1, -0.05) is 6.58 Å². The van der Waals surface area contributed by atoms with E-state index in [4.69, 9.17) is 0 Å². The molecule has 1 aromatic carbocycles. The molecule has 0 bridgehead atoms. The van der Waals surface area contributed by atoms with E-state index in [1.54, 1.807) is 12.1 Å². The van der Waals surface area contributed by atoms with Crippen molar-refractivity contribution in [1.82, 2.24) is 14.7 Å². The summed E-state index contributed by atoms with van der Waals surface area (Å²) in [7, 11) is 0. The van der Waals surface area contributed by atoms with Gasteiger partial charge in [0.15, 0.2) is 6.20 Å². The lowest BCUT2D eigenvalue weighted by Crippen LogP contribution is -2.54. The third kappa shape index (κ3) is 2.22. The molecule has 3 unspecified atom stereocenters. The van der Waals surface area contributed by atoms with E-state index in [1.807, 2.05) is 12.3 Å². The Hall–Kier alpha value is -3.41. The van der Waals surface area contributed by atoms with Crippen LogP contribution in [0.3, 0.4) is 0 Å². The summed E-state index contributed by atoms with van der Waals surface area (Å²) in [5, 5.41) is 4.68. The lowest BCUT2D eigenvalue weighted by molar-refractivity contribution is -0.687. The predicted molar refractivity (Wildman–Crippen MR) is 120 cm³/mol. The van der Waals surface area contributed by atoms with E-state index in [2.05, 4.69) is 73.6 Å². The minimum absolute atomic E-state index is 0.166. The summed E-state index contributed by atoms with van der Waals surface area (Å²) in [6.45, 7) is 7.20. The monoisotopic (exact) mass is 426 g/mol. The highest BCUT2D eigenvalue weighted by molar-refractivity contribution is 5.65. The Morgan fingerprint density at radius 1 is 1.16 bits per heavy atom. The molecule has 7 rings (SSSR count). The van der Waals surface area contributed by atoms with Gasteiger partial charge in [-0.2, -0.15) is 9.67 Å². The van der Waals surface area contributed by atoms with Gasteiger partial charge in [0, 0.05) is 60.7 Å². The van der Waals surface area contributed by atoms with Gasteiger partial charge in [-0.25, -0.2) is 4.39 Å². The number of fused-ring (bicyclic) bond motifs is 6. The molecule has 2 aromatic heterocycles. The van der Waals surface area contributed by atoms with Crippen molar-refractivity contribution in [2.75, 3.05) is 11.4 Å². The van der Waals surface area contributed by atoms with Crippen molar-refractivity contribution in [3.05, 3.63) is 90.8 Å². The molecule has 1 fully saturated rings. The fourth-order valence-corrected chi connectivity index (χ4v) is 6.74. The molecule has 3 atom stereocenters. The van der Waals surface area contributed by atoms with Gasteiger partial charge in [-0.3, -0.25) is 4.68 Å². The van der Waals surface area contributed by atoms with Crippen molar-refractivity contribution in [1.29, 1.82) is 0 Å². The number of nitrogens with zero attached hydrogens (tertiary/aromatic N) is 5. The number of aryl methyl sites for hydroxylation is 1. The maximum absolute atomic E-state index is 14.6. The number of anilines is 1. The van der Waals surface area contributed by atoms with E-state index in [0.29, 0.717) is 6.54 Å². The molecule has 1 spiro atoms. The Bertz CT molecular complexity index is 1290. The lowest BCUT2D eigenvalue weighted by Gasteiger charge is -2.52. The topological polar surface area (TPSA) is 28.2 Å². The third-order valence-electron chi connectivity index (χ3n) is 8.08. The zero-order chi connectivity index (χ0) is 21.4. The van der Waals surface area contributed by atoms with E-state index in [0.717, 1.165) is 48.6 Å². The first kappa shape index (κ1) is 18.2. The van der Waals surface area contributed by atoms with Gasteiger partial charge in [-0.05, 0) is 47.9 Å². The minimum Gasteiger partial charge on any atom is -0.355 e. The van der Waals surface area contributed by atoms with Crippen LogP contribution in [0.2, 0.25) is 0 Å². The SMILES string of the molecule is C=C1Cn2nccc2-c2cccc[n+]2CCC2c3cc(F)ccc3N3C=CN4CCC12C43. The minimum atomic E-state index is -0.166. The molecule has 4 aliphatic heterocycles. The van der Waals surface area contributed by atoms with Crippen LogP contribution in [0.25, 0.3) is 11.4 Å². The Kier molecular flexibility index (Phi) is 3.59. The second-order valence-electron chi connectivity index (χ2n) is 9.41. The Morgan fingerprint density at radius 2 is 2.09 bits per heavy atom. The number of benzene rings is 1. The first-order valence-corrected chi connectivity index (χ1v) is 11.4. The first-order valence-electron chi connectivity index (χ1n) is 11.4. The summed E-state index contributed by atoms with van der Waals surface area (Å²) >= 11 is 0. The second-order valence-corrected chi connectivity index (χ2v) is 9.41. The second kappa shape index (κ2) is 6.31. The smallest absolute Gasteiger partial charge is 0.230 e. The van der Waals surface area contributed by atoms with E-state index >= 15 is 0 Å². The van der Waals surface area contributed by atoms with Crippen LogP contribution in [0.1, 0.15) is 24.3 Å². The van der Waals surface area contributed by atoms with Crippen LogP contribution in [0.4, 0.5) is 10.1 Å². The maximum atomic E-state index is 14.6. The van der Waals surface area contributed by atoms with Gasteiger partial charge in [0.2, 0.25) is 5.69 Å². The van der Waals surface area contributed by atoms with Crippen molar-refractivity contribution in [2.24, 2.45) is 5.41 Å². The van der Waals surface area contributed by atoms with E-state index in [-0.39, 0.29) is 23.3 Å². The molecular formula is C26H25FN5+. The average molecular weight is 427 g/mol. The molecule has 0 radical (unpaired) electrons. The zero-order valence-electron chi connectivity index (χ0n) is 17.9. The molecule has 6 heterocycles. The highest BCUT2D eigenvalue weighted by Crippen LogP contribution is 2.62. The molecule has 32 heavy (non-hydrogen) atoms. The van der Waals surface area contributed by atoms with Crippen molar-refractivity contribution in [3.63, 3.8) is 0 Å². The zero-order valence-corrected chi connectivity index (χ0v) is 17.9. The number of aromatic nitrogens is 3. The largest absolute Gasteiger partial charge is 0.355 e. The molecule has 4 aliphatic rings. The summed E-state index contributed by atoms with van der Waals surface area (Å²) < 4.78 is 19.0. The summed E-state index contributed by atoms with van der Waals surface area (Å²) in [5.74, 6) is 0.0185.